The average molecular weight is 478 g/mol. The van der Waals surface area contributed by atoms with Crippen LogP contribution >= 0.6 is 0 Å². The number of halogens is 1. The summed E-state index contributed by atoms with van der Waals surface area (Å²) in [5.41, 5.74) is 1.92. The molecule has 2 aliphatic rings. The fraction of sp³-hybridized carbons (Fsp3) is 0.391. The number of tetrazole rings is 1. The first-order valence-corrected chi connectivity index (χ1v) is 11.1. The number of rotatable bonds is 5. The van der Waals surface area contributed by atoms with E-state index < -0.39 is 5.82 Å². The lowest BCUT2D eigenvalue weighted by atomic mass is 10.0. The predicted molar refractivity (Wildman–Crippen MR) is 121 cm³/mol. The van der Waals surface area contributed by atoms with E-state index in [-0.39, 0.29) is 35.9 Å². The maximum absolute atomic E-state index is 14.0. The zero-order valence-electron chi connectivity index (χ0n) is 19.0. The Hall–Kier alpha value is -3.95. The lowest BCUT2D eigenvalue weighted by Crippen LogP contribution is -2.59. The molecule has 12 heteroatoms. The molecule has 0 radical (unpaired) electrons. The van der Waals surface area contributed by atoms with Gasteiger partial charge in [-0.15, -0.1) is 5.10 Å². The Bertz CT molecular complexity index is 1240. The summed E-state index contributed by atoms with van der Waals surface area (Å²) in [6, 6.07) is 6.58. The quantitative estimate of drug-likeness (QED) is 0.510. The fourth-order valence-corrected chi connectivity index (χ4v) is 4.54. The molecule has 2 aromatic heterocycles. The monoisotopic (exact) mass is 478 g/mol. The van der Waals surface area contributed by atoms with Gasteiger partial charge in [0.25, 0.3) is 5.69 Å². The molecule has 1 amide bonds. The molecule has 0 aliphatic carbocycles. The second kappa shape index (κ2) is 9.73. The van der Waals surface area contributed by atoms with Crippen molar-refractivity contribution < 1.29 is 18.7 Å². The molecule has 2 atom stereocenters. The Morgan fingerprint density at radius 3 is 2.89 bits per heavy atom. The van der Waals surface area contributed by atoms with E-state index in [0.29, 0.717) is 44.0 Å². The topological polar surface area (TPSA) is 103 Å². The van der Waals surface area contributed by atoms with E-state index in [1.807, 2.05) is 11.0 Å². The number of hydrogen-bond acceptors (Lipinski definition) is 8. The molecule has 4 heterocycles. The summed E-state index contributed by atoms with van der Waals surface area (Å²) in [4.78, 5) is 24.7. The van der Waals surface area contributed by atoms with Crippen molar-refractivity contribution in [2.24, 2.45) is 0 Å². The standard InChI is InChI=1S/C23H23FN8O3/c1-25-22-19(24)6-5-18(23(22)34-2)20-12-30-7-8-31(11-17(30)13-35-20)21(33)9-15-3-4-16(10-26-15)32-14-27-28-29-32/h3-6,10,14,17,20H,7-9,11-13H2,2H3/t17-,20-/m0/s1. The molecule has 2 saturated heterocycles. The summed E-state index contributed by atoms with van der Waals surface area (Å²) in [5.74, 6) is -0.381. The van der Waals surface area contributed by atoms with Crippen LogP contribution in [0.15, 0.2) is 36.8 Å². The molecular weight excluding hydrogens is 455 g/mol. The van der Waals surface area contributed by atoms with Gasteiger partial charge in [-0.1, -0.05) is 6.07 Å². The third kappa shape index (κ3) is 4.55. The molecular formula is C23H23FN8O3. The molecule has 0 spiro atoms. The summed E-state index contributed by atoms with van der Waals surface area (Å²) in [6.07, 6.45) is 2.98. The molecule has 1 aromatic carbocycles. The van der Waals surface area contributed by atoms with Gasteiger partial charge in [0, 0.05) is 37.4 Å². The minimum Gasteiger partial charge on any atom is -0.507 e. The summed E-state index contributed by atoms with van der Waals surface area (Å²) >= 11 is 0. The lowest BCUT2D eigenvalue weighted by molar-refractivity contribution is -0.139. The van der Waals surface area contributed by atoms with Gasteiger partial charge in [-0.05, 0) is 28.6 Å². The second-order valence-corrected chi connectivity index (χ2v) is 8.38. The van der Waals surface area contributed by atoms with E-state index in [0.717, 1.165) is 5.69 Å². The number of amides is 1. The van der Waals surface area contributed by atoms with Crippen LogP contribution in [0.4, 0.5) is 10.1 Å². The number of piperazine rings is 1. The van der Waals surface area contributed by atoms with E-state index in [1.54, 1.807) is 18.3 Å². The molecule has 0 bridgehead atoms. The summed E-state index contributed by atoms with van der Waals surface area (Å²) in [7, 11) is 1.43. The zero-order chi connectivity index (χ0) is 24.4. The van der Waals surface area contributed by atoms with Gasteiger partial charge in [-0.25, -0.2) is 9.24 Å². The Balaban J connectivity index is 1.20. The van der Waals surface area contributed by atoms with Crippen molar-refractivity contribution in [3.63, 3.8) is 0 Å². The number of fused-ring (bicyclic) bond motifs is 1. The molecule has 180 valence electrons. The maximum atomic E-state index is 14.0. The van der Waals surface area contributed by atoms with E-state index >= 15 is 0 Å². The van der Waals surface area contributed by atoms with Crippen molar-refractivity contribution >= 4 is 11.6 Å². The highest BCUT2D eigenvalue weighted by Gasteiger charge is 2.36. The van der Waals surface area contributed by atoms with Crippen LogP contribution in [0.3, 0.4) is 0 Å². The molecule has 0 saturated carbocycles. The largest absolute Gasteiger partial charge is 0.507 e. The molecule has 35 heavy (non-hydrogen) atoms. The van der Waals surface area contributed by atoms with E-state index in [1.165, 1.54) is 24.2 Å². The highest BCUT2D eigenvalue weighted by molar-refractivity contribution is 5.78. The highest BCUT2D eigenvalue weighted by Crippen LogP contribution is 2.40. The summed E-state index contributed by atoms with van der Waals surface area (Å²) in [6.45, 7) is 10.1. The number of pyridine rings is 1. The Labute approximate surface area is 200 Å². The summed E-state index contributed by atoms with van der Waals surface area (Å²) in [5, 5.41) is 11.0. The number of hydrogen-bond donors (Lipinski definition) is 0. The average Bonchev–Trinajstić information content (AvgIpc) is 3.43. The number of aromatic nitrogens is 5. The highest BCUT2D eigenvalue weighted by atomic mass is 19.1. The third-order valence-electron chi connectivity index (χ3n) is 6.38. The van der Waals surface area contributed by atoms with Crippen LogP contribution in [0.25, 0.3) is 10.5 Å². The molecule has 0 unspecified atom stereocenters. The van der Waals surface area contributed by atoms with Crippen molar-refractivity contribution in [3.8, 4) is 11.4 Å². The van der Waals surface area contributed by atoms with Crippen molar-refractivity contribution in [3.05, 3.63) is 65.3 Å². The SMILES string of the molecule is [C-]#[N+]c1c(F)ccc([C@@H]2CN3CCN(C(=O)Cc4ccc(-n5cnnn5)cn4)C[C@H]3CO2)c1OC. The van der Waals surface area contributed by atoms with Crippen LogP contribution in [0.2, 0.25) is 0 Å². The van der Waals surface area contributed by atoms with Gasteiger partial charge in [0.1, 0.15) is 17.9 Å². The third-order valence-corrected chi connectivity index (χ3v) is 6.38. The van der Waals surface area contributed by atoms with Crippen LogP contribution in [0.1, 0.15) is 17.4 Å². The molecule has 2 aliphatic heterocycles. The van der Waals surface area contributed by atoms with E-state index in [4.69, 9.17) is 16.0 Å². The number of ether oxygens (including phenoxy) is 2. The number of nitrogens with zero attached hydrogens (tertiary/aromatic N) is 8. The Morgan fingerprint density at radius 1 is 1.29 bits per heavy atom. The number of morpholine rings is 1. The van der Waals surface area contributed by atoms with Gasteiger partial charge in [-0.2, -0.15) is 4.68 Å². The molecule has 3 aromatic rings. The zero-order valence-corrected chi connectivity index (χ0v) is 19.0. The number of benzene rings is 1. The fourth-order valence-electron chi connectivity index (χ4n) is 4.54. The first-order chi connectivity index (χ1) is 17.1. The Kier molecular flexibility index (Phi) is 6.35. The van der Waals surface area contributed by atoms with Gasteiger partial charge < -0.3 is 14.4 Å². The van der Waals surface area contributed by atoms with Crippen molar-refractivity contribution in [2.75, 3.05) is 39.9 Å². The van der Waals surface area contributed by atoms with Crippen LogP contribution in [-0.4, -0.2) is 86.8 Å². The smallest absolute Gasteiger partial charge is 0.263 e. The van der Waals surface area contributed by atoms with Gasteiger partial charge in [0.2, 0.25) is 5.91 Å². The first kappa shape index (κ1) is 22.8. The normalized spacial score (nSPS) is 20.2. The van der Waals surface area contributed by atoms with Gasteiger partial charge in [-0.3, -0.25) is 14.7 Å². The minimum absolute atomic E-state index is 0.0105. The number of carbonyl (C=O) groups is 1. The molecule has 0 N–H and O–H groups in total. The van der Waals surface area contributed by atoms with Crippen LogP contribution in [0, 0.1) is 12.4 Å². The van der Waals surface area contributed by atoms with Crippen molar-refractivity contribution in [1.82, 2.24) is 35.0 Å². The Morgan fingerprint density at radius 2 is 2.17 bits per heavy atom. The summed E-state index contributed by atoms with van der Waals surface area (Å²) < 4.78 is 27.0. The van der Waals surface area contributed by atoms with E-state index in [2.05, 4.69) is 30.3 Å². The number of methoxy groups -OCH3 is 1. The second-order valence-electron chi connectivity index (χ2n) is 8.38. The van der Waals surface area contributed by atoms with Gasteiger partial charge in [0.05, 0.1) is 50.7 Å². The number of carbonyl (C=O) groups excluding carboxylic acids is 1. The maximum Gasteiger partial charge on any atom is 0.263 e. The molecule has 11 nitrogen and oxygen atoms in total. The van der Waals surface area contributed by atoms with Crippen LogP contribution < -0.4 is 4.74 Å². The van der Waals surface area contributed by atoms with Crippen LogP contribution in [0.5, 0.6) is 5.75 Å². The van der Waals surface area contributed by atoms with Crippen LogP contribution in [-0.2, 0) is 16.0 Å². The first-order valence-electron chi connectivity index (χ1n) is 11.1. The predicted octanol–water partition coefficient (Wildman–Crippen LogP) is 1.58. The minimum atomic E-state index is -0.610. The van der Waals surface area contributed by atoms with Crippen molar-refractivity contribution in [2.45, 2.75) is 18.6 Å². The lowest BCUT2D eigenvalue weighted by Gasteiger charge is -2.46. The van der Waals surface area contributed by atoms with E-state index in [9.17, 15) is 9.18 Å². The molecule has 5 rings (SSSR count). The van der Waals surface area contributed by atoms with Gasteiger partial charge >= 0.3 is 0 Å². The molecule has 2 fully saturated rings. The van der Waals surface area contributed by atoms with Crippen molar-refractivity contribution in [1.29, 1.82) is 0 Å². The van der Waals surface area contributed by atoms with Gasteiger partial charge in [0.15, 0.2) is 0 Å².